The first-order chi connectivity index (χ1) is 11.2. The van der Waals surface area contributed by atoms with Gasteiger partial charge in [0.25, 0.3) is 0 Å². The van der Waals surface area contributed by atoms with Gasteiger partial charge in [0.05, 0.1) is 0 Å². The zero-order chi connectivity index (χ0) is 16.1. The SMILES string of the molecule is C[P@](CC(O)(c1ccccc1)c1ccccc1)c1ccccc1. The van der Waals surface area contributed by atoms with E-state index < -0.39 is 13.5 Å². The zero-order valence-corrected chi connectivity index (χ0v) is 14.2. The third kappa shape index (κ3) is 3.52. The van der Waals surface area contributed by atoms with Crippen LogP contribution in [-0.2, 0) is 5.60 Å². The first-order valence-corrected chi connectivity index (χ1v) is 9.77. The predicted octanol–water partition coefficient (Wildman–Crippen LogP) is 4.36. The van der Waals surface area contributed by atoms with Crippen LogP contribution in [0.5, 0.6) is 0 Å². The Kier molecular flexibility index (Phi) is 4.91. The molecule has 2 heteroatoms. The molecule has 0 aliphatic rings. The number of aliphatic hydroxyl groups is 1. The molecule has 3 aromatic rings. The second-order valence-corrected chi connectivity index (χ2v) is 8.01. The third-order valence-corrected chi connectivity index (χ3v) is 6.28. The van der Waals surface area contributed by atoms with Gasteiger partial charge in [-0.1, -0.05) is 98.9 Å². The maximum Gasteiger partial charge on any atom is 0.119 e. The van der Waals surface area contributed by atoms with Gasteiger partial charge in [0.15, 0.2) is 0 Å². The fourth-order valence-electron chi connectivity index (χ4n) is 2.89. The minimum Gasteiger partial charge on any atom is -0.380 e. The molecule has 0 spiro atoms. The molecule has 3 aromatic carbocycles. The Morgan fingerprint density at radius 1 is 0.696 bits per heavy atom. The molecule has 0 radical (unpaired) electrons. The molecule has 1 atom stereocenters. The van der Waals surface area contributed by atoms with Crippen molar-refractivity contribution in [3.63, 3.8) is 0 Å². The fraction of sp³-hybridized carbons (Fsp3) is 0.143. The molecule has 23 heavy (non-hydrogen) atoms. The number of benzene rings is 3. The van der Waals surface area contributed by atoms with E-state index >= 15 is 0 Å². The molecule has 3 rings (SSSR count). The second-order valence-electron chi connectivity index (χ2n) is 5.78. The van der Waals surface area contributed by atoms with Crippen molar-refractivity contribution in [3.8, 4) is 0 Å². The summed E-state index contributed by atoms with van der Waals surface area (Å²) in [5.74, 6) is 0. The van der Waals surface area contributed by atoms with Crippen LogP contribution in [0, 0.1) is 0 Å². The monoisotopic (exact) mass is 320 g/mol. The van der Waals surface area contributed by atoms with Gasteiger partial charge in [0.2, 0.25) is 0 Å². The fourth-order valence-corrected chi connectivity index (χ4v) is 4.81. The van der Waals surface area contributed by atoms with Crippen LogP contribution in [0.1, 0.15) is 11.1 Å². The summed E-state index contributed by atoms with van der Waals surface area (Å²) in [4.78, 5) is 0. The van der Waals surface area contributed by atoms with Crippen molar-refractivity contribution in [2.45, 2.75) is 5.60 Å². The van der Waals surface area contributed by atoms with Crippen LogP contribution in [0.2, 0.25) is 0 Å². The van der Waals surface area contributed by atoms with Crippen molar-refractivity contribution in [2.75, 3.05) is 12.8 Å². The van der Waals surface area contributed by atoms with Crippen LogP contribution in [0.25, 0.3) is 0 Å². The third-order valence-electron chi connectivity index (χ3n) is 4.17. The van der Waals surface area contributed by atoms with E-state index in [1.807, 2.05) is 66.7 Å². The first-order valence-electron chi connectivity index (χ1n) is 7.80. The maximum atomic E-state index is 11.6. The van der Waals surface area contributed by atoms with Crippen LogP contribution in [0.4, 0.5) is 0 Å². The van der Waals surface area contributed by atoms with Gasteiger partial charge in [0.1, 0.15) is 5.60 Å². The highest BCUT2D eigenvalue weighted by Gasteiger charge is 2.33. The van der Waals surface area contributed by atoms with E-state index in [4.69, 9.17) is 0 Å². The topological polar surface area (TPSA) is 20.2 Å². The van der Waals surface area contributed by atoms with Crippen molar-refractivity contribution in [1.29, 1.82) is 0 Å². The molecular weight excluding hydrogens is 299 g/mol. The summed E-state index contributed by atoms with van der Waals surface area (Å²) in [5, 5.41) is 12.9. The highest BCUT2D eigenvalue weighted by Crippen LogP contribution is 2.41. The Labute approximate surface area is 139 Å². The maximum absolute atomic E-state index is 11.6. The zero-order valence-electron chi connectivity index (χ0n) is 13.3. The lowest BCUT2D eigenvalue weighted by Gasteiger charge is -2.32. The van der Waals surface area contributed by atoms with Gasteiger partial charge in [-0.25, -0.2) is 0 Å². The summed E-state index contributed by atoms with van der Waals surface area (Å²) in [7, 11) is -0.461. The van der Waals surface area contributed by atoms with Gasteiger partial charge >= 0.3 is 0 Å². The summed E-state index contributed by atoms with van der Waals surface area (Å²) >= 11 is 0. The molecule has 0 saturated heterocycles. The summed E-state index contributed by atoms with van der Waals surface area (Å²) < 4.78 is 0. The van der Waals surface area contributed by atoms with E-state index in [9.17, 15) is 5.11 Å². The number of hydrogen-bond acceptors (Lipinski definition) is 1. The van der Waals surface area contributed by atoms with Crippen molar-refractivity contribution in [2.24, 2.45) is 0 Å². The quantitative estimate of drug-likeness (QED) is 0.693. The molecular formula is C21H21OP. The summed E-state index contributed by atoms with van der Waals surface area (Å²) in [6.07, 6.45) is 0.709. The molecule has 0 fully saturated rings. The Morgan fingerprint density at radius 3 is 1.52 bits per heavy atom. The Hall–Kier alpha value is -1.95. The lowest BCUT2D eigenvalue weighted by molar-refractivity contribution is 0.107. The van der Waals surface area contributed by atoms with Gasteiger partial charge in [-0.15, -0.1) is 0 Å². The van der Waals surface area contributed by atoms with Gasteiger partial charge in [-0.05, 0) is 23.1 Å². The standard InChI is InChI=1S/C21H21OP/c1-23(20-15-9-4-10-16-20)17-21(22,18-11-5-2-6-12-18)19-13-7-3-8-14-19/h2-16,22H,17H2,1H3/t23-/m1/s1. The summed E-state index contributed by atoms with van der Waals surface area (Å²) in [5.41, 5.74) is 0.951. The molecule has 0 aliphatic heterocycles. The van der Waals surface area contributed by atoms with E-state index in [-0.39, 0.29) is 0 Å². The number of rotatable bonds is 5. The van der Waals surface area contributed by atoms with Gasteiger partial charge in [-0.3, -0.25) is 0 Å². The van der Waals surface area contributed by atoms with Crippen molar-refractivity contribution >= 4 is 13.2 Å². The molecule has 0 bridgehead atoms. The molecule has 0 unspecified atom stereocenters. The average molecular weight is 320 g/mol. The largest absolute Gasteiger partial charge is 0.380 e. The Morgan fingerprint density at radius 2 is 1.09 bits per heavy atom. The van der Waals surface area contributed by atoms with E-state index in [1.165, 1.54) is 5.30 Å². The molecule has 116 valence electrons. The summed E-state index contributed by atoms with van der Waals surface area (Å²) in [6, 6.07) is 30.5. The minimum absolute atomic E-state index is 0.461. The lowest BCUT2D eigenvalue weighted by Crippen LogP contribution is -2.32. The summed E-state index contributed by atoms with van der Waals surface area (Å²) in [6.45, 7) is 2.24. The highest BCUT2D eigenvalue weighted by atomic mass is 31.1. The predicted molar refractivity (Wildman–Crippen MR) is 99.7 cm³/mol. The first kappa shape index (κ1) is 15.9. The van der Waals surface area contributed by atoms with E-state index in [0.29, 0.717) is 6.16 Å². The second kappa shape index (κ2) is 7.08. The lowest BCUT2D eigenvalue weighted by atomic mass is 9.88. The van der Waals surface area contributed by atoms with E-state index in [0.717, 1.165) is 11.1 Å². The smallest absolute Gasteiger partial charge is 0.119 e. The molecule has 1 N–H and O–H groups in total. The van der Waals surface area contributed by atoms with Crippen molar-refractivity contribution < 1.29 is 5.11 Å². The van der Waals surface area contributed by atoms with Gasteiger partial charge in [-0.2, -0.15) is 0 Å². The van der Waals surface area contributed by atoms with E-state index in [1.54, 1.807) is 0 Å². The molecule has 0 aliphatic carbocycles. The minimum atomic E-state index is -0.960. The Bertz CT molecular complexity index is 686. The molecule has 0 amide bonds. The normalized spacial score (nSPS) is 12.8. The molecule has 1 nitrogen and oxygen atoms in total. The van der Waals surface area contributed by atoms with Crippen LogP contribution < -0.4 is 5.30 Å². The number of hydrogen-bond donors (Lipinski definition) is 1. The molecule has 0 heterocycles. The van der Waals surface area contributed by atoms with Gasteiger partial charge < -0.3 is 5.11 Å². The van der Waals surface area contributed by atoms with Crippen LogP contribution >= 0.6 is 7.92 Å². The Balaban J connectivity index is 2.00. The van der Waals surface area contributed by atoms with E-state index in [2.05, 4.69) is 30.9 Å². The van der Waals surface area contributed by atoms with Crippen LogP contribution in [0.15, 0.2) is 91.0 Å². The highest BCUT2D eigenvalue weighted by molar-refractivity contribution is 7.64. The van der Waals surface area contributed by atoms with Gasteiger partial charge in [0, 0.05) is 6.16 Å². The van der Waals surface area contributed by atoms with Crippen molar-refractivity contribution in [3.05, 3.63) is 102 Å². The van der Waals surface area contributed by atoms with Crippen LogP contribution in [0.3, 0.4) is 0 Å². The van der Waals surface area contributed by atoms with Crippen molar-refractivity contribution in [1.82, 2.24) is 0 Å². The average Bonchev–Trinajstić information content (AvgIpc) is 2.64. The molecule has 0 aromatic heterocycles. The molecule has 0 saturated carbocycles. The van der Waals surface area contributed by atoms with Crippen LogP contribution in [-0.4, -0.2) is 17.9 Å².